The van der Waals surface area contributed by atoms with Gasteiger partial charge in [0, 0.05) is 0 Å². The quantitative estimate of drug-likeness (QED) is 0.659. The third kappa shape index (κ3) is 4.45. The average molecular weight is 297 g/mol. The van der Waals surface area contributed by atoms with Gasteiger partial charge in [-0.05, 0) is 18.1 Å². The number of hydrogen-bond acceptors (Lipinski definition) is 3. The number of nitrogens with one attached hydrogen (secondary N) is 1. The number of rotatable bonds is 6. The van der Waals surface area contributed by atoms with Crippen LogP contribution >= 0.6 is 0 Å². The molecule has 0 fully saturated rings. The molecule has 114 valence electrons. The molecule has 0 saturated heterocycles. The Balaban J connectivity index is 2.16. The molecule has 0 atom stereocenters. The molecule has 0 saturated carbocycles. The van der Waals surface area contributed by atoms with Crippen LogP contribution in [-0.2, 0) is 14.3 Å². The average Bonchev–Trinajstić information content (AvgIpc) is 2.54. The van der Waals surface area contributed by atoms with E-state index in [0.29, 0.717) is 0 Å². The van der Waals surface area contributed by atoms with Gasteiger partial charge in [0.15, 0.2) is 0 Å². The third-order valence-corrected chi connectivity index (χ3v) is 3.18. The number of esters is 1. The lowest BCUT2D eigenvalue weighted by molar-refractivity contribution is -0.146. The van der Waals surface area contributed by atoms with Crippen molar-refractivity contribution in [3.63, 3.8) is 0 Å². The van der Waals surface area contributed by atoms with Crippen LogP contribution in [0.1, 0.15) is 30.5 Å². The van der Waals surface area contributed by atoms with Gasteiger partial charge >= 0.3 is 5.97 Å². The second-order valence-corrected chi connectivity index (χ2v) is 4.80. The van der Waals surface area contributed by atoms with E-state index in [4.69, 9.17) is 4.74 Å². The second kappa shape index (κ2) is 7.98. The second-order valence-electron chi connectivity index (χ2n) is 4.80. The van der Waals surface area contributed by atoms with Crippen molar-refractivity contribution >= 4 is 11.9 Å². The summed E-state index contributed by atoms with van der Waals surface area (Å²) in [7, 11) is 0. The first kappa shape index (κ1) is 15.8. The van der Waals surface area contributed by atoms with Crippen molar-refractivity contribution in [2.24, 2.45) is 0 Å². The van der Waals surface area contributed by atoms with Gasteiger partial charge in [-0.1, -0.05) is 60.7 Å². The summed E-state index contributed by atoms with van der Waals surface area (Å²) < 4.78 is 4.81. The van der Waals surface area contributed by atoms with Crippen LogP contribution < -0.4 is 5.32 Å². The highest BCUT2D eigenvalue weighted by Gasteiger charge is 2.18. The molecule has 1 N–H and O–H groups in total. The minimum atomic E-state index is -0.514. The molecule has 2 aromatic rings. The van der Waals surface area contributed by atoms with Gasteiger partial charge in [0.2, 0.25) is 5.91 Å². The van der Waals surface area contributed by atoms with Crippen molar-refractivity contribution in [1.29, 1.82) is 0 Å². The Labute approximate surface area is 130 Å². The molecule has 1 amide bonds. The third-order valence-electron chi connectivity index (χ3n) is 3.18. The smallest absolute Gasteiger partial charge is 0.315 e. The normalized spacial score (nSPS) is 10.3. The van der Waals surface area contributed by atoms with E-state index >= 15 is 0 Å². The fraction of sp³-hybridized carbons (Fsp3) is 0.222. The topological polar surface area (TPSA) is 55.4 Å². The van der Waals surface area contributed by atoms with Crippen molar-refractivity contribution in [3.05, 3.63) is 71.8 Å². The Kier molecular flexibility index (Phi) is 5.72. The zero-order valence-electron chi connectivity index (χ0n) is 12.5. The Morgan fingerprint density at radius 3 is 1.91 bits per heavy atom. The van der Waals surface area contributed by atoms with Gasteiger partial charge in [0.05, 0.1) is 12.6 Å². The van der Waals surface area contributed by atoms with E-state index in [1.807, 2.05) is 60.7 Å². The Bertz CT molecular complexity index is 571. The number of benzene rings is 2. The number of carbonyl (C=O) groups is 2. The van der Waals surface area contributed by atoms with Gasteiger partial charge < -0.3 is 10.1 Å². The number of carbonyl (C=O) groups excluding carboxylic acids is 2. The van der Waals surface area contributed by atoms with E-state index in [-0.39, 0.29) is 25.0 Å². The van der Waals surface area contributed by atoms with Crippen LogP contribution in [0.15, 0.2) is 60.7 Å². The van der Waals surface area contributed by atoms with Crippen LogP contribution in [0.5, 0.6) is 0 Å². The van der Waals surface area contributed by atoms with Gasteiger partial charge in [-0.25, -0.2) is 0 Å². The molecule has 22 heavy (non-hydrogen) atoms. The van der Waals surface area contributed by atoms with Gasteiger partial charge in [0.1, 0.15) is 6.42 Å². The van der Waals surface area contributed by atoms with Gasteiger partial charge in [-0.3, -0.25) is 9.59 Å². The Hall–Kier alpha value is -2.62. The van der Waals surface area contributed by atoms with Crippen molar-refractivity contribution in [1.82, 2.24) is 5.32 Å². The van der Waals surface area contributed by atoms with Crippen molar-refractivity contribution < 1.29 is 14.3 Å². The van der Waals surface area contributed by atoms with Crippen LogP contribution in [0.25, 0.3) is 0 Å². The minimum absolute atomic E-state index is 0.271. The van der Waals surface area contributed by atoms with Crippen molar-refractivity contribution in [2.45, 2.75) is 19.4 Å². The molecule has 0 unspecified atom stereocenters. The van der Waals surface area contributed by atoms with E-state index in [1.54, 1.807) is 6.92 Å². The van der Waals surface area contributed by atoms with Crippen LogP contribution in [0.2, 0.25) is 0 Å². The standard InChI is InChI=1S/C18H19NO3/c1-2-22-17(21)13-16(20)19-18(14-9-5-3-6-10-14)15-11-7-4-8-12-15/h3-12,18H,2,13H2,1H3,(H,19,20). The summed E-state index contributed by atoms with van der Waals surface area (Å²) >= 11 is 0. The molecule has 0 aromatic heterocycles. The summed E-state index contributed by atoms with van der Waals surface area (Å²) in [5.74, 6) is -0.865. The first-order valence-electron chi connectivity index (χ1n) is 7.25. The van der Waals surface area contributed by atoms with Crippen molar-refractivity contribution in [2.75, 3.05) is 6.61 Å². The highest BCUT2D eigenvalue weighted by molar-refractivity contribution is 5.94. The first-order valence-corrected chi connectivity index (χ1v) is 7.25. The maximum absolute atomic E-state index is 12.1. The van der Waals surface area contributed by atoms with Gasteiger partial charge in [-0.2, -0.15) is 0 Å². The zero-order chi connectivity index (χ0) is 15.8. The molecule has 2 aromatic carbocycles. The predicted octanol–water partition coefficient (Wildman–Crippen LogP) is 2.85. The lowest BCUT2D eigenvalue weighted by atomic mass is 9.98. The van der Waals surface area contributed by atoms with Crippen LogP contribution in [0.3, 0.4) is 0 Å². The van der Waals surface area contributed by atoms with E-state index in [1.165, 1.54) is 0 Å². The van der Waals surface area contributed by atoms with Crippen LogP contribution in [0, 0.1) is 0 Å². The molecular formula is C18H19NO3. The van der Waals surface area contributed by atoms with Gasteiger partial charge in [-0.15, -0.1) is 0 Å². The highest BCUT2D eigenvalue weighted by atomic mass is 16.5. The number of ether oxygens (including phenoxy) is 1. The minimum Gasteiger partial charge on any atom is -0.466 e. The summed E-state index contributed by atoms with van der Waals surface area (Å²) in [6.45, 7) is 1.99. The largest absolute Gasteiger partial charge is 0.466 e. The fourth-order valence-electron chi connectivity index (χ4n) is 2.21. The molecule has 4 nitrogen and oxygen atoms in total. The predicted molar refractivity (Wildman–Crippen MR) is 84.1 cm³/mol. The fourth-order valence-corrected chi connectivity index (χ4v) is 2.21. The lowest BCUT2D eigenvalue weighted by Gasteiger charge is -2.19. The molecule has 0 aliphatic rings. The van der Waals surface area contributed by atoms with Crippen molar-refractivity contribution in [3.8, 4) is 0 Å². The van der Waals surface area contributed by atoms with Gasteiger partial charge in [0.25, 0.3) is 0 Å². The molecule has 0 radical (unpaired) electrons. The Morgan fingerprint density at radius 2 is 1.45 bits per heavy atom. The Morgan fingerprint density at radius 1 is 0.955 bits per heavy atom. The van der Waals surface area contributed by atoms with E-state index < -0.39 is 5.97 Å². The number of hydrogen-bond donors (Lipinski definition) is 1. The summed E-state index contributed by atoms with van der Waals surface area (Å²) in [6.07, 6.45) is -0.274. The van der Waals surface area contributed by atoms with Crippen LogP contribution in [0.4, 0.5) is 0 Å². The van der Waals surface area contributed by atoms with E-state index in [2.05, 4.69) is 5.32 Å². The summed E-state index contributed by atoms with van der Waals surface area (Å²) in [6, 6.07) is 19.0. The summed E-state index contributed by atoms with van der Waals surface area (Å²) in [4.78, 5) is 23.5. The lowest BCUT2D eigenvalue weighted by Crippen LogP contribution is -2.31. The molecule has 0 aliphatic heterocycles. The maximum atomic E-state index is 12.1. The number of amides is 1. The maximum Gasteiger partial charge on any atom is 0.315 e. The summed E-state index contributed by atoms with van der Waals surface area (Å²) in [5.41, 5.74) is 1.93. The van der Waals surface area contributed by atoms with Crippen LogP contribution in [-0.4, -0.2) is 18.5 Å². The zero-order valence-corrected chi connectivity index (χ0v) is 12.5. The molecule has 0 bridgehead atoms. The first-order chi connectivity index (χ1) is 10.7. The highest BCUT2D eigenvalue weighted by Crippen LogP contribution is 2.21. The van der Waals surface area contributed by atoms with E-state index in [9.17, 15) is 9.59 Å². The molecule has 2 rings (SSSR count). The molecule has 4 heteroatoms. The molecule has 0 spiro atoms. The summed E-state index contributed by atoms with van der Waals surface area (Å²) in [5, 5.41) is 2.90. The molecule has 0 heterocycles. The molecular weight excluding hydrogens is 278 g/mol. The SMILES string of the molecule is CCOC(=O)CC(=O)NC(c1ccccc1)c1ccccc1. The monoisotopic (exact) mass is 297 g/mol. The molecule has 0 aliphatic carbocycles. The van der Waals surface area contributed by atoms with E-state index in [0.717, 1.165) is 11.1 Å².